The molecular weight excluding hydrogens is 527 g/mol. The van der Waals surface area contributed by atoms with Crippen LogP contribution in [-0.4, -0.2) is 56.7 Å². The number of rotatable bonds is 5. The summed E-state index contributed by atoms with van der Waals surface area (Å²) in [5.41, 5.74) is 3.80. The first-order chi connectivity index (χ1) is 19.5. The molecule has 6 rings (SSSR count). The Morgan fingerprint density at radius 3 is 2.42 bits per heavy atom. The van der Waals surface area contributed by atoms with E-state index in [9.17, 15) is 9.18 Å². The molecule has 0 N–H and O–H groups in total. The summed E-state index contributed by atoms with van der Waals surface area (Å²) in [5, 5.41) is 6.11. The summed E-state index contributed by atoms with van der Waals surface area (Å²) in [5.74, 6) is 1.10. The number of benzene rings is 3. The first-order valence-corrected chi connectivity index (χ1v) is 13.7. The lowest BCUT2D eigenvalue weighted by molar-refractivity contribution is 0.0767. The lowest BCUT2D eigenvalue weighted by atomic mass is 10.1. The average Bonchev–Trinajstić information content (AvgIpc) is 3.13. The quantitative estimate of drug-likeness (QED) is 0.272. The molecule has 5 aromatic rings. The fourth-order valence-corrected chi connectivity index (χ4v) is 5.41. The van der Waals surface area contributed by atoms with Crippen LogP contribution in [0.2, 0.25) is 5.02 Å². The Morgan fingerprint density at radius 2 is 1.65 bits per heavy atom. The van der Waals surface area contributed by atoms with Crippen molar-refractivity contribution in [1.82, 2.24) is 24.6 Å². The van der Waals surface area contributed by atoms with E-state index >= 15 is 0 Å². The zero-order chi connectivity index (χ0) is 27.6. The molecule has 2 aromatic heterocycles. The molecule has 0 bridgehead atoms. The Bertz CT molecular complexity index is 1670. The molecule has 0 radical (unpaired) electrons. The van der Waals surface area contributed by atoms with Crippen LogP contribution in [-0.2, 0) is 6.42 Å². The molecule has 9 heteroatoms. The van der Waals surface area contributed by atoms with Gasteiger partial charge in [0.1, 0.15) is 17.5 Å². The van der Waals surface area contributed by atoms with Gasteiger partial charge in [-0.3, -0.25) is 4.79 Å². The summed E-state index contributed by atoms with van der Waals surface area (Å²) in [6.07, 6.45) is 1.34. The number of fused-ring (bicyclic) bond motifs is 1. The van der Waals surface area contributed by atoms with Crippen molar-refractivity contribution < 1.29 is 9.18 Å². The molecule has 0 atom stereocenters. The van der Waals surface area contributed by atoms with Gasteiger partial charge in [0.15, 0.2) is 5.65 Å². The lowest BCUT2D eigenvalue weighted by Gasteiger charge is -2.24. The van der Waals surface area contributed by atoms with Gasteiger partial charge in [-0.2, -0.15) is 5.10 Å². The molecule has 1 saturated heterocycles. The van der Waals surface area contributed by atoms with Crippen LogP contribution >= 0.6 is 11.6 Å². The van der Waals surface area contributed by atoms with Gasteiger partial charge in [0.2, 0.25) is 0 Å². The Morgan fingerprint density at radius 1 is 0.900 bits per heavy atom. The highest BCUT2D eigenvalue weighted by molar-refractivity contribution is 6.33. The van der Waals surface area contributed by atoms with Crippen molar-refractivity contribution in [2.24, 2.45) is 0 Å². The first-order valence-electron chi connectivity index (χ1n) is 13.3. The highest BCUT2D eigenvalue weighted by atomic mass is 35.5. The predicted molar refractivity (Wildman–Crippen MR) is 155 cm³/mol. The summed E-state index contributed by atoms with van der Waals surface area (Å²) in [6, 6.07) is 23.5. The third-order valence-electron chi connectivity index (χ3n) is 7.19. The van der Waals surface area contributed by atoms with Gasteiger partial charge in [0.05, 0.1) is 27.4 Å². The van der Waals surface area contributed by atoms with E-state index in [1.165, 1.54) is 12.1 Å². The van der Waals surface area contributed by atoms with Crippen LogP contribution in [0.5, 0.6) is 0 Å². The highest BCUT2D eigenvalue weighted by Gasteiger charge is 2.26. The molecule has 1 aliphatic heterocycles. The van der Waals surface area contributed by atoms with Crippen LogP contribution in [0.25, 0.3) is 16.7 Å². The number of aromatic nitrogens is 4. The summed E-state index contributed by atoms with van der Waals surface area (Å²) in [4.78, 5) is 27.4. The van der Waals surface area contributed by atoms with Crippen LogP contribution in [0.1, 0.15) is 33.9 Å². The molecule has 7 nitrogen and oxygen atoms in total. The summed E-state index contributed by atoms with van der Waals surface area (Å²) < 4.78 is 15.5. The van der Waals surface area contributed by atoms with E-state index in [-0.39, 0.29) is 11.7 Å². The minimum absolute atomic E-state index is 0.0645. The van der Waals surface area contributed by atoms with Crippen LogP contribution in [0.3, 0.4) is 0 Å². The first kappa shape index (κ1) is 26.0. The topological polar surface area (TPSA) is 67.2 Å². The SMILES string of the molecule is Cc1nn(-c2ccc(F)cc2)c2nc(Cc3ccccc3)nc(N3CCCN(C(=O)c4ccccc4Cl)CC3)c12. The Labute approximate surface area is 236 Å². The highest BCUT2D eigenvalue weighted by Crippen LogP contribution is 2.30. The van der Waals surface area contributed by atoms with E-state index in [4.69, 9.17) is 26.7 Å². The number of carbonyl (C=O) groups is 1. The molecule has 1 aliphatic rings. The van der Waals surface area contributed by atoms with Crippen LogP contribution in [0.15, 0.2) is 78.9 Å². The lowest BCUT2D eigenvalue weighted by Crippen LogP contribution is -2.35. The number of nitrogens with zero attached hydrogens (tertiary/aromatic N) is 6. The van der Waals surface area contributed by atoms with Crippen molar-refractivity contribution >= 4 is 34.4 Å². The number of carbonyl (C=O) groups excluding carboxylic acids is 1. The standard InChI is InChI=1S/C31H28ClFN6O/c1-21-28-29(37-16-7-17-38(19-18-37)31(40)25-10-5-6-11-26(25)32)34-27(20-22-8-3-2-4-9-22)35-30(28)39(36-21)24-14-12-23(33)13-15-24/h2-6,8-15H,7,16-20H2,1H3. The number of anilines is 1. The maximum atomic E-state index is 13.7. The van der Waals surface area contributed by atoms with Gasteiger partial charge in [0, 0.05) is 32.6 Å². The number of amides is 1. The zero-order valence-electron chi connectivity index (χ0n) is 22.1. The molecule has 0 spiro atoms. The van der Waals surface area contributed by atoms with Gasteiger partial charge in [-0.05, 0) is 55.3 Å². The minimum atomic E-state index is -0.308. The van der Waals surface area contributed by atoms with Crippen LogP contribution in [0.4, 0.5) is 10.2 Å². The van der Waals surface area contributed by atoms with Gasteiger partial charge in [0.25, 0.3) is 5.91 Å². The molecule has 1 fully saturated rings. The van der Waals surface area contributed by atoms with E-state index in [2.05, 4.69) is 17.0 Å². The van der Waals surface area contributed by atoms with E-state index in [0.717, 1.165) is 41.1 Å². The Balaban J connectivity index is 1.39. The number of aryl methyl sites for hydroxylation is 1. The molecule has 40 heavy (non-hydrogen) atoms. The van der Waals surface area contributed by atoms with E-state index in [1.807, 2.05) is 42.2 Å². The second-order valence-electron chi connectivity index (χ2n) is 9.91. The molecular formula is C31H28ClFN6O. The third kappa shape index (κ3) is 5.14. The van der Waals surface area contributed by atoms with Gasteiger partial charge in [-0.1, -0.05) is 54.1 Å². The molecule has 0 unspecified atom stereocenters. The normalized spacial score (nSPS) is 14.0. The predicted octanol–water partition coefficient (Wildman–Crippen LogP) is 5.86. The summed E-state index contributed by atoms with van der Waals surface area (Å²) >= 11 is 6.33. The van der Waals surface area contributed by atoms with Gasteiger partial charge < -0.3 is 9.80 Å². The third-order valence-corrected chi connectivity index (χ3v) is 7.52. The monoisotopic (exact) mass is 554 g/mol. The summed E-state index contributed by atoms with van der Waals surface area (Å²) in [6.45, 7) is 4.43. The van der Waals surface area contributed by atoms with Crippen molar-refractivity contribution in [2.75, 3.05) is 31.1 Å². The van der Waals surface area contributed by atoms with E-state index < -0.39 is 0 Å². The molecule has 202 valence electrons. The molecule has 3 aromatic carbocycles. The molecule has 1 amide bonds. The molecule has 3 heterocycles. The van der Waals surface area contributed by atoms with Crippen molar-refractivity contribution in [2.45, 2.75) is 19.8 Å². The maximum Gasteiger partial charge on any atom is 0.255 e. The smallest absolute Gasteiger partial charge is 0.255 e. The minimum Gasteiger partial charge on any atom is -0.354 e. The second-order valence-corrected chi connectivity index (χ2v) is 10.3. The van der Waals surface area contributed by atoms with E-state index in [0.29, 0.717) is 48.1 Å². The fourth-order valence-electron chi connectivity index (χ4n) is 5.19. The largest absolute Gasteiger partial charge is 0.354 e. The summed E-state index contributed by atoms with van der Waals surface area (Å²) in [7, 11) is 0. The van der Waals surface area contributed by atoms with Crippen molar-refractivity contribution in [3.8, 4) is 5.69 Å². The van der Waals surface area contributed by atoms with Gasteiger partial charge >= 0.3 is 0 Å². The molecule has 0 saturated carbocycles. The number of halogens is 2. The van der Waals surface area contributed by atoms with Gasteiger partial charge in [-0.15, -0.1) is 0 Å². The number of hydrogen-bond acceptors (Lipinski definition) is 5. The van der Waals surface area contributed by atoms with Crippen molar-refractivity contribution in [3.63, 3.8) is 0 Å². The van der Waals surface area contributed by atoms with Crippen LogP contribution < -0.4 is 4.90 Å². The van der Waals surface area contributed by atoms with Gasteiger partial charge in [-0.25, -0.2) is 19.0 Å². The fraction of sp³-hybridized carbons (Fsp3) is 0.226. The molecule has 0 aliphatic carbocycles. The second kappa shape index (κ2) is 11.1. The van der Waals surface area contributed by atoms with Crippen LogP contribution in [0, 0.1) is 12.7 Å². The van der Waals surface area contributed by atoms with Crippen molar-refractivity contribution in [3.05, 3.63) is 112 Å². The average molecular weight is 555 g/mol. The van der Waals surface area contributed by atoms with E-state index in [1.54, 1.807) is 28.9 Å². The maximum absolute atomic E-state index is 13.7. The zero-order valence-corrected chi connectivity index (χ0v) is 22.9. The number of hydrogen-bond donors (Lipinski definition) is 0. The van der Waals surface area contributed by atoms with Crippen molar-refractivity contribution in [1.29, 1.82) is 0 Å². The Hall–Kier alpha value is -4.30. The Kier molecular flexibility index (Phi) is 7.17.